The summed E-state index contributed by atoms with van der Waals surface area (Å²) in [5, 5.41) is 0. The molecule has 5 heteroatoms. The Morgan fingerprint density at radius 1 is 0.434 bits per heavy atom. The Hall–Kier alpha value is -7.03. The van der Waals surface area contributed by atoms with Crippen LogP contribution in [0.25, 0.3) is 67.5 Å². The highest BCUT2D eigenvalue weighted by Crippen LogP contribution is 2.55. The van der Waals surface area contributed by atoms with E-state index < -0.39 is 0 Å². The van der Waals surface area contributed by atoms with E-state index in [0.29, 0.717) is 40.3 Å². The number of hydrogen-bond donors (Lipinski definition) is 0. The van der Waals surface area contributed by atoms with Crippen molar-refractivity contribution in [1.82, 2.24) is 15.0 Å². The molecule has 0 saturated carbocycles. The highest BCUT2D eigenvalue weighted by molar-refractivity contribution is 5.86. The Balaban J connectivity index is 1.08. The molecule has 2 heterocycles. The molecule has 0 unspecified atom stereocenters. The maximum Gasteiger partial charge on any atom is 0.173 e. The average Bonchev–Trinajstić information content (AvgIpc) is 3.44. The van der Waals surface area contributed by atoms with Crippen LogP contribution in [0.2, 0.25) is 0 Å². The summed E-state index contributed by atoms with van der Waals surface area (Å²) in [5.74, 6) is 4.36. The van der Waals surface area contributed by atoms with Crippen molar-refractivity contribution < 1.29 is 9.47 Å². The zero-order valence-corrected chi connectivity index (χ0v) is 29.1. The summed E-state index contributed by atoms with van der Waals surface area (Å²) in [4.78, 5) is 15.2. The minimum absolute atomic E-state index is 0.134. The van der Waals surface area contributed by atoms with E-state index in [9.17, 15) is 0 Å². The lowest BCUT2D eigenvalue weighted by Crippen LogP contribution is -2.15. The molecule has 0 fully saturated rings. The Labute approximate surface area is 308 Å². The molecule has 0 radical (unpaired) electrons. The topological polar surface area (TPSA) is 57.1 Å². The van der Waals surface area contributed by atoms with Gasteiger partial charge < -0.3 is 9.47 Å². The van der Waals surface area contributed by atoms with Gasteiger partial charge in [-0.15, -0.1) is 0 Å². The average molecular weight is 682 g/mol. The lowest BCUT2D eigenvalue weighted by atomic mass is 9.82. The van der Waals surface area contributed by atoms with Gasteiger partial charge in [-0.05, 0) is 75.3 Å². The van der Waals surface area contributed by atoms with Crippen LogP contribution in [0.4, 0.5) is 0 Å². The molecule has 7 aromatic carbocycles. The van der Waals surface area contributed by atoms with Gasteiger partial charge in [0.2, 0.25) is 0 Å². The van der Waals surface area contributed by atoms with Gasteiger partial charge in [0.1, 0.15) is 0 Å². The molecule has 0 N–H and O–H groups in total. The molecule has 53 heavy (non-hydrogen) atoms. The number of benzene rings is 6. The molecule has 8 aromatic rings. The van der Waals surface area contributed by atoms with E-state index in [4.69, 9.17) is 24.4 Å². The van der Waals surface area contributed by atoms with Gasteiger partial charge in [0.05, 0.1) is 5.56 Å². The Kier molecular flexibility index (Phi) is 6.99. The first-order valence-corrected chi connectivity index (χ1v) is 17.7. The van der Waals surface area contributed by atoms with Gasteiger partial charge in [0.25, 0.3) is 0 Å². The summed E-state index contributed by atoms with van der Waals surface area (Å²) in [6.45, 7) is 4.53. The molecule has 0 saturated heterocycles. The van der Waals surface area contributed by atoms with Crippen molar-refractivity contribution in [3.63, 3.8) is 0 Å². The summed E-state index contributed by atoms with van der Waals surface area (Å²) >= 11 is 0. The highest BCUT2D eigenvalue weighted by Gasteiger charge is 2.37. The molecule has 0 spiro atoms. The fourth-order valence-corrected chi connectivity index (χ4v) is 7.62. The van der Waals surface area contributed by atoms with Gasteiger partial charge >= 0.3 is 0 Å². The van der Waals surface area contributed by atoms with Crippen molar-refractivity contribution in [1.29, 1.82) is 0 Å². The third-order valence-electron chi connectivity index (χ3n) is 10.3. The standard InChI is InChI=1S/C48H31N3O2/c1-48(2)39-24-14-13-21-35(39)38-28-43-44(29-40(38)48)52-41-26-25-32(27-42(41)53-43)34-20-10-12-23-37(34)47-50-45(31-17-7-4-8-18-31)49-46(51-47)36-22-11-9-19-33(36)30-15-5-3-6-16-30/h3-11,13-22,24-29H,1-2H3. The van der Waals surface area contributed by atoms with Crippen molar-refractivity contribution in [2.75, 3.05) is 0 Å². The largest absolute Gasteiger partial charge is 0.450 e. The summed E-state index contributed by atoms with van der Waals surface area (Å²) in [6, 6.07) is 57.8. The molecule has 0 atom stereocenters. The maximum absolute atomic E-state index is 6.62. The van der Waals surface area contributed by atoms with Crippen molar-refractivity contribution in [3.05, 3.63) is 175 Å². The van der Waals surface area contributed by atoms with E-state index in [-0.39, 0.29) is 5.41 Å². The third-order valence-corrected chi connectivity index (χ3v) is 10.3. The van der Waals surface area contributed by atoms with Crippen LogP contribution in [-0.4, -0.2) is 15.0 Å². The van der Waals surface area contributed by atoms with Gasteiger partial charge in [-0.2, -0.15) is 0 Å². The minimum atomic E-state index is -0.134. The van der Waals surface area contributed by atoms with Crippen LogP contribution in [0.3, 0.4) is 0 Å². The Bertz CT molecular complexity index is 2700. The second kappa shape index (κ2) is 12.0. The van der Waals surface area contributed by atoms with E-state index in [2.05, 4.69) is 86.6 Å². The Morgan fingerprint density at radius 2 is 1.06 bits per heavy atom. The van der Waals surface area contributed by atoms with Crippen LogP contribution in [0, 0.1) is 12.1 Å². The first-order valence-electron chi connectivity index (χ1n) is 17.7. The molecule has 1 aliphatic carbocycles. The maximum atomic E-state index is 6.62. The fourth-order valence-electron chi connectivity index (χ4n) is 7.62. The number of fused-ring (bicyclic) bond motifs is 5. The minimum Gasteiger partial charge on any atom is -0.450 e. The normalized spacial score (nSPS) is 13.0. The molecule has 250 valence electrons. The van der Waals surface area contributed by atoms with Crippen molar-refractivity contribution in [2.24, 2.45) is 0 Å². The van der Waals surface area contributed by atoms with Crippen LogP contribution < -0.4 is 9.47 Å². The number of hydrogen-bond acceptors (Lipinski definition) is 5. The highest BCUT2D eigenvalue weighted by atomic mass is 16.6. The molecule has 2 aliphatic rings. The third kappa shape index (κ3) is 5.15. The molecule has 0 amide bonds. The first kappa shape index (κ1) is 30.8. The van der Waals surface area contributed by atoms with Crippen LogP contribution in [0.1, 0.15) is 25.0 Å². The molecule has 5 nitrogen and oxygen atoms in total. The second-order valence-electron chi connectivity index (χ2n) is 13.9. The van der Waals surface area contributed by atoms with Crippen molar-refractivity contribution in [2.45, 2.75) is 19.3 Å². The zero-order valence-electron chi connectivity index (χ0n) is 29.1. The lowest BCUT2D eigenvalue weighted by molar-refractivity contribution is 0.359. The van der Waals surface area contributed by atoms with Crippen LogP contribution in [-0.2, 0) is 5.41 Å². The monoisotopic (exact) mass is 681 g/mol. The molecule has 0 bridgehead atoms. The molecule has 1 aromatic heterocycles. The SMILES string of the molecule is CC1(C)c2ccccc2-c2cc3c(cc21)Oc1ccc(-c2ccc#cc2-c2nc(-c4ccccc4)nc(-c4ccccc4-c4ccccc4)n2)cc1O3. The first-order chi connectivity index (χ1) is 26.0. The van der Waals surface area contributed by atoms with Gasteiger partial charge in [0, 0.05) is 22.1 Å². The second-order valence-corrected chi connectivity index (χ2v) is 13.9. The van der Waals surface area contributed by atoms with Gasteiger partial charge in [-0.25, -0.2) is 15.0 Å². The van der Waals surface area contributed by atoms with Gasteiger partial charge in [-0.3, -0.25) is 0 Å². The fraction of sp³-hybridized carbons (Fsp3) is 0.0625. The van der Waals surface area contributed by atoms with E-state index in [1.54, 1.807) is 0 Å². The smallest absolute Gasteiger partial charge is 0.173 e. The zero-order chi connectivity index (χ0) is 35.5. The number of nitrogens with zero attached hydrogens (tertiary/aromatic N) is 3. The number of rotatable bonds is 5. The number of ether oxygens (including phenoxy) is 2. The van der Waals surface area contributed by atoms with E-state index in [1.165, 1.54) is 22.3 Å². The van der Waals surface area contributed by atoms with Crippen molar-refractivity contribution in [3.8, 4) is 90.5 Å². The number of aromatic nitrogens is 3. The summed E-state index contributed by atoms with van der Waals surface area (Å²) < 4.78 is 13.1. The van der Waals surface area contributed by atoms with E-state index in [0.717, 1.165) is 39.1 Å². The van der Waals surface area contributed by atoms with Crippen molar-refractivity contribution >= 4 is 0 Å². The van der Waals surface area contributed by atoms with E-state index in [1.807, 2.05) is 91.0 Å². The van der Waals surface area contributed by atoms with E-state index >= 15 is 0 Å². The molecule has 10 rings (SSSR count). The van der Waals surface area contributed by atoms with Gasteiger partial charge in [0.15, 0.2) is 40.5 Å². The Morgan fingerprint density at radius 3 is 1.87 bits per heavy atom. The predicted octanol–water partition coefficient (Wildman–Crippen LogP) is 12.0. The van der Waals surface area contributed by atoms with Crippen LogP contribution >= 0.6 is 0 Å². The summed E-state index contributed by atoms with van der Waals surface area (Å²) in [7, 11) is 0. The molecular formula is C48H31N3O2. The summed E-state index contributed by atoms with van der Waals surface area (Å²) in [6.07, 6.45) is 0. The summed E-state index contributed by atoms with van der Waals surface area (Å²) in [5.41, 5.74) is 11.3. The van der Waals surface area contributed by atoms with Crippen LogP contribution in [0.15, 0.2) is 152 Å². The predicted molar refractivity (Wildman–Crippen MR) is 209 cm³/mol. The molecule has 1 aliphatic heterocycles. The quantitative estimate of drug-likeness (QED) is 0.181. The van der Waals surface area contributed by atoms with Crippen LogP contribution in [0.5, 0.6) is 23.0 Å². The molecular weight excluding hydrogens is 651 g/mol. The van der Waals surface area contributed by atoms with Gasteiger partial charge in [-0.1, -0.05) is 141 Å². The lowest BCUT2D eigenvalue weighted by Gasteiger charge is -2.25.